The van der Waals surface area contributed by atoms with Crippen LogP contribution in [0.25, 0.3) is 10.8 Å². The molecule has 4 rings (SSSR count). The van der Waals surface area contributed by atoms with E-state index in [0.717, 1.165) is 16.6 Å². The first-order valence-electron chi connectivity index (χ1n) is 8.86. The maximum Gasteiger partial charge on any atom is 0.434 e. The minimum atomic E-state index is -0.555. The molecule has 9 nitrogen and oxygen atoms in total. The summed E-state index contributed by atoms with van der Waals surface area (Å²) in [6, 6.07) is 15.1. The number of imidazole rings is 1. The summed E-state index contributed by atoms with van der Waals surface area (Å²) >= 11 is 0. The number of nitrogens with zero attached hydrogens (tertiary/aromatic N) is 4. The molecule has 0 saturated carbocycles. The second-order valence-electron chi connectivity index (χ2n) is 6.52. The number of benzene rings is 2. The second-order valence-corrected chi connectivity index (χ2v) is 6.52. The lowest BCUT2D eigenvalue weighted by atomic mass is 10.0. The smallest absolute Gasteiger partial charge is 0.434 e. The van der Waals surface area contributed by atoms with Crippen LogP contribution in [-0.2, 0) is 20.1 Å². The Labute approximate surface area is 164 Å². The van der Waals surface area contributed by atoms with E-state index >= 15 is 0 Å². The van der Waals surface area contributed by atoms with Crippen LogP contribution in [-0.4, -0.2) is 24.7 Å². The van der Waals surface area contributed by atoms with Crippen molar-refractivity contribution >= 4 is 16.7 Å². The summed E-state index contributed by atoms with van der Waals surface area (Å²) in [5.41, 5.74) is 2.09. The Morgan fingerprint density at radius 3 is 2.69 bits per heavy atom. The first kappa shape index (κ1) is 18.4. The fraction of sp³-hybridized carbons (Fsp3) is 0.150. The molecule has 0 fully saturated rings. The van der Waals surface area contributed by atoms with Crippen molar-refractivity contribution in [2.24, 2.45) is 7.05 Å². The number of aromatic amines is 1. The van der Waals surface area contributed by atoms with Crippen molar-refractivity contribution in [1.29, 1.82) is 0 Å². The third-order valence-corrected chi connectivity index (χ3v) is 4.66. The Hall–Kier alpha value is -4.01. The maximum absolute atomic E-state index is 12.3. The molecule has 0 bridgehead atoms. The minimum Gasteiger partial charge on any atom is -0.486 e. The van der Waals surface area contributed by atoms with E-state index in [1.807, 2.05) is 30.3 Å². The van der Waals surface area contributed by atoms with Crippen LogP contribution in [0.5, 0.6) is 5.75 Å². The lowest BCUT2D eigenvalue weighted by Crippen LogP contribution is -2.12. The van der Waals surface area contributed by atoms with Crippen molar-refractivity contribution in [2.75, 3.05) is 0 Å². The van der Waals surface area contributed by atoms with Crippen molar-refractivity contribution < 1.29 is 9.66 Å². The van der Waals surface area contributed by atoms with E-state index in [-0.39, 0.29) is 18.1 Å². The van der Waals surface area contributed by atoms with Gasteiger partial charge in [-0.1, -0.05) is 35.3 Å². The van der Waals surface area contributed by atoms with E-state index in [0.29, 0.717) is 23.3 Å². The molecule has 0 amide bonds. The minimum absolute atomic E-state index is 0.0860. The van der Waals surface area contributed by atoms with E-state index in [2.05, 4.69) is 15.2 Å². The molecule has 29 heavy (non-hydrogen) atoms. The molecule has 4 aromatic rings. The molecule has 2 aromatic heterocycles. The van der Waals surface area contributed by atoms with Crippen LogP contribution < -0.4 is 10.3 Å². The van der Waals surface area contributed by atoms with Gasteiger partial charge < -0.3 is 14.9 Å². The molecule has 0 saturated heterocycles. The summed E-state index contributed by atoms with van der Waals surface area (Å²) in [5.74, 6) is 0.221. The predicted molar refractivity (Wildman–Crippen MR) is 106 cm³/mol. The summed E-state index contributed by atoms with van der Waals surface area (Å²) in [5, 5.41) is 18.9. The third kappa shape index (κ3) is 3.70. The largest absolute Gasteiger partial charge is 0.486 e. The molecule has 1 N–H and O–H groups in total. The molecule has 2 heterocycles. The Bertz CT molecular complexity index is 1250. The third-order valence-electron chi connectivity index (χ3n) is 4.66. The summed E-state index contributed by atoms with van der Waals surface area (Å²) in [6.45, 7) is 0.0860. The van der Waals surface area contributed by atoms with E-state index in [1.54, 1.807) is 25.2 Å². The average Bonchev–Trinajstić information content (AvgIpc) is 3.10. The number of fused-ring (bicyclic) bond motifs is 1. The molecule has 0 spiro atoms. The van der Waals surface area contributed by atoms with Gasteiger partial charge in [0, 0.05) is 11.8 Å². The SMILES string of the molecule is Cn1c(COc2ccc3c(Cc4ccccc4)n[nH]c(=O)c3c2)cnc1[N+](=O)[O-]. The first-order chi connectivity index (χ1) is 14.0. The van der Waals surface area contributed by atoms with Crippen molar-refractivity contribution in [3.05, 3.63) is 92.1 Å². The quantitative estimate of drug-likeness (QED) is 0.399. The van der Waals surface area contributed by atoms with Gasteiger partial charge in [-0.25, -0.2) is 9.67 Å². The molecule has 0 aliphatic rings. The number of hydrogen-bond acceptors (Lipinski definition) is 6. The second kappa shape index (κ2) is 7.55. The van der Waals surface area contributed by atoms with Crippen LogP contribution in [0.4, 0.5) is 5.95 Å². The summed E-state index contributed by atoms with van der Waals surface area (Å²) in [6.07, 6.45) is 1.99. The molecule has 2 aromatic carbocycles. The lowest BCUT2D eigenvalue weighted by molar-refractivity contribution is -0.396. The van der Waals surface area contributed by atoms with Gasteiger partial charge in [-0.3, -0.25) is 4.79 Å². The van der Waals surface area contributed by atoms with Gasteiger partial charge in [0.1, 0.15) is 18.6 Å². The topological polar surface area (TPSA) is 116 Å². The van der Waals surface area contributed by atoms with E-state index in [4.69, 9.17) is 4.74 Å². The number of hydrogen-bond donors (Lipinski definition) is 1. The van der Waals surface area contributed by atoms with E-state index in [1.165, 1.54) is 10.8 Å². The van der Waals surface area contributed by atoms with Crippen LogP contribution in [0.1, 0.15) is 17.0 Å². The standard InChI is InChI=1S/C20H17N5O4/c1-24-14(11-21-20(24)25(27)28)12-29-15-7-8-16-17(10-15)19(26)23-22-18(16)9-13-5-3-2-4-6-13/h2-8,10-11H,9,12H2,1H3,(H,23,26). The zero-order valence-corrected chi connectivity index (χ0v) is 15.5. The average molecular weight is 391 g/mol. The monoisotopic (exact) mass is 391 g/mol. The Morgan fingerprint density at radius 2 is 1.97 bits per heavy atom. The molecule has 0 aliphatic carbocycles. The van der Waals surface area contributed by atoms with Crippen molar-refractivity contribution in [1.82, 2.24) is 19.7 Å². The summed E-state index contributed by atoms with van der Waals surface area (Å²) in [4.78, 5) is 26.4. The zero-order valence-electron chi connectivity index (χ0n) is 15.5. The van der Waals surface area contributed by atoms with E-state index in [9.17, 15) is 14.9 Å². The number of aromatic nitrogens is 4. The maximum atomic E-state index is 12.3. The number of rotatable bonds is 6. The van der Waals surface area contributed by atoms with Crippen LogP contribution in [0.2, 0.25) is 0 Å². The highest BCUT2D eigenvalue weighted by Crippen LogP contribution is 2.23. The first-order valence-corrected chi connectivity index (χ1v) is 8.86. The molecular formula is C20H17N5O4. The zero-order chi connectivity index (χ0) is 20.4. The van der Waals surface area contributed by atoms with Gasteiger partial charge in [0.15, 0.2) is 5.69 Å². The van der Waals surface area contributed by atoms with Crippen molar-refractivity contribution in [2.45, 2.75) is 13.0 Å². The van der Waals surface area contributed by atoms with Crippen LogP contribution in [0, 0.1) is 10.1 Å². The Kier molecular flexibility index (Phi) is 4.78. The highest BCUT2D eigenvalue weighted by Gasteiger charge is 2.17. The van der Waals surface area contributed by atoms with E-state index < -0.39 is 4.92 Å². The molecular weight excluding hydrogens is 374 g/mol. The van der Waals surface area contributed by atoms with Gasteiger partial charge in [0.25, 0.3) is 5.56 Å². The molecule has 0 atom stereocenters. The number of nitrogens with one attached hydrogen (secondary N) is 1. The fourth-order valence-corrected chi connectivity index (χ4v) is 3.11. The van der Waals surface area contributed by atoms with Gasteiger partial charge in [-0.15, -0.1) is 0 Å². The van der Waals surface area contributed by atoms with Gasteiger partial charge in [0.2, 0.25) is 0 Å². The summed E-state index contributed by atoms with van der Waals surface area (Å²) < 4.78 is 7.09. The number of nitro groups is 1. The number of H-pyrrole nitrogens is 1. The highest BCUT2D eigenvalue weighted by molar-refractivity contribution is 5.85. The van der Waals surface area contributed by atoms with Crippen LogP contribution >= 0.6 is 0 Å². The number of ether oxygens (including phenoxy) is 1. The predicted octanol–water partition coefficient (Wildman–Crippen LogP) is 2.73. The van der Waals surface area contributed by atoms with Gasteiger partial charge >= 0.3 is 5.95 Å². The molecule has 146 valence electrons. The molecule has 0 aliphatic heterocycles. The van der Waals surface area contributed by atoms with Crippen LogP contribution in [0.3, 0.4) is 0 Å². The summed E-state index contributed by atoms with van der Waals surface area (Å²) in [7, 11) is 1.55. The molecule has 9 heteroatoms. The molecule has 0 radical (unpaired) electrons. The Balaban J connectivity index is 1.60. The van der Waals surface area contributed by atoms with Gasteiger partial charge in [-0.05, 0) is 28.7 Å². The van der Waals surface area contributed by atoms with Gasteiger partial charge in [0.05, 0.1) is 18.1 Å². The van der Waals surface area contributed by atoms with Crippen molar-refractivity contribution in [3.8, 4) is 5.75 Å². The van der Waals surface area contributed by atoms with Gasteiger partial charge in [-0.2, -0.15) is 5.10 Å². The Morgan fingerprint density at radius 1 is 1.17 bits per heavy atom. The lowest BCUT2D eigenvalue weighted by Gasteiger charge is -2.08. The van der Waals surface area contributed by atoms with Crippen molar-refractivity contribution in [3.63, 3.8) is 0 Å². The normalized spacial score (nSPS) is 10.9. The van der Waals surface area contributed by atoms with Crippen LogP contribution in [0.15, 0.2) is 59.5 Å². The fourth-order valence-electron chi connectivity index (χ4n) is 3.11. The molecule has 0 unspecified atom stereocenters. The highest BCUT2D eigenvalue weighted by atomic mass is 16.6.